The molecule has 0 saturated heterocycles. The van der Waals surface area contributed by atoms with Gasteiger partial charge in [0, 0.05) is 49.4 Å². The number of amides is 1. The highest BCUT2D eigenvalue weighted by Gasteiger charge is 2.66. The summed E-state index contributed by atoms with van der Waals surface area (Å²) in [5, 5.41) is 5.87. The third-order valence-electron chi connectivity index (χ3n) is 6.24. The number of hydrogen-bond donors (Lipinski definition) is 1. The van der Waals surface area contributed by atoms with Crippen LogP contribution in [-0.4, -0.2) is 36.8 Å². The molecule has 36 heavy (non-hydrogen) atoms. The van der Waals surface area contributed by atoms with Gasteiger partial charge in [-0.25, -0.2) is 19.3 Å². The molecule has 0 aliphatic heterocycles. The molecule has 1 aliphatic rings. The van der Waals surface area contributed by atoms with Gasteiger partial charge in [-0.15, -0.1) is 0 Å². The van der Waals surface area contributed by atoms with Gasteiger partial charge in [-0.05, 0) is 30.0 Å². The average Bonchev–Trinajstić information content (AvgIpc) is 3.39. The van der Waals surface area contributed by atoms with Crippen molar-refractivity contribution in [3.8, 4) is 11.1 Å². The Morgan fingerprint density at radius 3 is 2.50 bits per heavy atom. The summed E-state index contributed by atoms with van der Waals surface area (Å²) in [5.74, 6) is -1.15. The molecule has 12 heteroatoms. The van der Waals surface area contributed by atoms with E-state index in [-0.39, 0.29) is 36.4 Å². The molecule has 1 fully saturated rings. The Morgan fingerprint density at radius 1 is 1.14 bits per heavy atom. The first kappa shape index (κ1) is 23.6. The fourth-order valence-corrected chi connectivity index (χ4v) is 3.90. The van der Waals surface area contributed by atoms with Crippen molar-refractivity contribution in [1.82, 2.24) is 24.7 Å². The molecule has 5 rings (SSSR count). The number of rotatable bonds is 7. The van der Waals surface area contributed by atoms with E-state index in [4.69, 9.17) is 4.52 Å². The molecule has 8 nitrogen and oxygen atoms in total. The second-order valence-electron chi connectivity index (χ2n) is 8.75. The molecule has 0 unspecified atom stereocenters. The second-order valence-corrected chi connectivity index (χ2v) is 8.75. The minimum Gasteiger partial charge on any atom is -0.358 e. The van der Waals surface area contributed by atoms with Crippen LogP contribution >= 0.6 is 0 Å². The highest BCUT2D eigenvalue weighted by Crippen LogP contribution is 2.59. The van der Waals surface area contributed by atoms with Crippen molar-refractivity contribution in [1.29, 1.82) is 0 Å². The number of benzene rings is 1. The Balaban J connectivity index is 1.22. The molecule has 186 valence electrons. The van der Waals surface area contributed by atoms with E-state index in [1.807, 2.05) is 11.6 Å². The molecule has 3 aromatic heterocycles. The number of anilines is 1. The molecular weight excluding hydrogens is 480 g/mol. The smallest absolute Gasteiger partial charge is 0.358 e. The van der Waals surface area contributed by atoms with E-state index in [0.717, 1.165) is 11.8 Å². The maximum Gasteiger partial charge on any atom is 0.401 e. The monoisotopic (exact) mass is 500 g/mol. The maximum atomic E-state index is 14.7. The Bertz CT molecular complexity index is 1410. The molecule has 1 amide bonds. The lowest BCUT2D eigenvalue weighted by atomic mass is 10.0. The zero-order valence-electron chi connectivity index (χ0n) is 19.0. The van der Waals surface area contributed by atoms with Crippen LogP contribution in [0.25, 0.3) is 11.1 Å². The fraction of sp³-hybridized carbons (Fsp3) is 0.292. The Kier molecular flexibility index (Phi) is 5.81. The minimum absolute atomic E-state index is 0.0885. The molecule has 1 aromatic carbocycles. The van der Waals surface area contributed by atoms with Gasteiger partial charge >= 0.3 is 6.18 Å². The predicted molar refractivity (Wildman–Crippen MR) is 119 cm³/mol. The molecule has 1 saturated carbocycles. The van der Waals surface area contributed by atoms with Crippen molar-refractivity contribution in [3.63, 3.8) is 0 Å². The predicted octanol–water partition coefficient (Wildman–Crippen LogP) is 4.37. The summed E-state index contributed by atoms with van der Waals surface area (Å²) in [5.41, 5.74) is 0.165. The van der Waals surface area contributed by atoms with Crippen LogP contribution in [0, 0.1) is 5.82 Å². The lowest BCUT2D eigenvalue weighted by molar-refractivity contribution is -0.165. The molecule has 4 aromatic rings. The topological polar surface area (TPSA) is 98.7 Å². The number of halogens is 4. The van der Waals surface area contributed by atoms with Gasteiger partial charge < -0.3 is 14.4 Å². The van der Waals surface area contributed by atoms with Crippen molar-refractivity contribution in [2.75, 3.05) is 5.32 Å². The lowest BCUT2D eigenvalue weighted by Crippen LogP contribution is -2.28. The van der Waals surface area contributed by atoms with Crippen molar-refractivity contribution >= 4 is 11.7 Å². The van der Waals surface area contributed by atoms with E-state index in [9.17, 15) is 22.4 Å². The summed E-state index contributed by atoms with van der Waals surface area (Å²) in [6.45, 7) is 0. The highest BCUT2D eigenvalue weighted by atomic mass is 19.4. The third kappa shape index (κ3) is 4.58. The quantitative estimate of drug-likeness (QED) is 0.379. The van der Waals surface area contributed by atoms with E-state index in [1.54, 1.807) is 31.0 Å². The van der Waals surface area contributed by atoms with Crippen molar-refractivity contribution in [3.05, 3.63) is 77.8 Å². The van der Waals surface area contributed by atoms with Crippen molar-refractivity contribution in [2.24, 2.45) is 7.05 Å². The van der Waals surface area contributed by atoms with E-state index < -0.39 is 23.3 Å². The van der Waals surface area contributed by atoms with E-state index in [2.05, 4.69) is 25.4 Å². The zero-order valence-corrected chi connectivity index (χ0v) is 19.0. The maximum absolute atomic E-state index is 14.7. The second kappa shape index (κ2) is 8.85. The summed E-state index contributed by atoms with van der Waals surface area (Å²) < 4.78 is 61.1. The standard InChI is InChI=1S/C24H20F4N6O2/c1-34-13-29-12-17(34)8-20-30-10-16(11-31-20)14-2-3-15(18(25)6-14)7-22(35)32-21-9-19(36-33-21)23(4-5-23)24(26,27)28/h2-3,6,9-13H,4-5,7-8H2,1H3,(H,32,33,35). The normalized spacial score (nSPS) is 14.6. The molecule has 3 heterocycles. The van der Waals surface area contributed by atoms with Gasteiger partial charge in [0.25, 0.3) is 0 Å². The minimum atomic E-state index is -4.46. The number of aryl methyl sites for hydroxylation is 1. The van der Waals surface area contributed by atoms with E-state index in [1.165, 1.54) is 12.1 Å². The number of imidazole rings is 1. The summed E-state index contributed by atoms with van der Waals surface area (Å²) in [6.07, 6.45) is 2.14. The average molecular weight is 500 g/mol. The van der Waals surface area contributed by atoms with Gasteiger partial charge in [0.2, 0.25) is 5.91 Å². The summed E-state index contributed by atoms with van der Waals surface area (Å²) in [6, 6.07) is 5.44. The highest BCUT2D eigenvalue weighted by molar-refractivity contribution is 5.91. The van der Waals surface area contributed by atoms with Crippen LogP contribution in [0.2, 0.25) is 0 Å². The number of alkyl halides is 3. The summed E-state index contributed by atoms with van der Waals surface area (Å²) >= 11 is 0. The van der Waals surface area contributed by atoms with Gasteiger partial charge in [0.15, 0.2) is 11.6 Å². The molecule has 0 radical (unpaired) electrons. The van der Waals surface area contributed by atoms with Crippen molar-refractivity contribution < 1.29 is 26.9 Å². The number of hydrogen-bond acceptors (Lipinski definition) is 6. The van der Waals surface area contributed by atoms with Crippen LogP contribution in [0.3, 0.4) is 0 Å². The summed E-state index contributed by atoms with van der Waals surface area (Å²) in [7, 11) is 1.88. The SMILES string of the molecule is Cn1cncc1Cc1ncc(-c2ccc(CC(=O)Nc3cc(C4(C(F)(F)F)CC4)on3)c(F)c2)cn1. The molecule has 1 N–H and O–H groups in total. The van der Waals surface area contributed by atoms with Crippen LogP contribution in [-0.2, 0) is 30.1 Å². The van der Waals surface area contributed by atoms with Crippen LogP contribution < -0.4 is 5.32 Å². The summed E-state index contributed by atoms with van der Waals surface area (Å²) in [4.78, 5) is 25.1. The number of carbonyl (C=O) groups is 1. The number of nitrogens with one attached hydrogen (secondary N) is 1. The molecule has 0 bridgehead atoms. The van der Waals surface area contributed by atoms with E-state index >= 15 is 0 Å². The lowest BCUT2D eigenvalue weighted by Gasteiger charge is -2.14. The zero-order chi connectivity index (χ0) is 25.5. The molecule has 1 aliphatic carbocycles. The van der Waals surface area contributed by atoms with Gasteiger partial charge in [0.1, 0.15) is 17.1 Å². The van der Waals surface area contributed by atoms with Crippen molar-refractivity contribution in [2.45, 2.75) is 37.3 Å². The molecule has 0 spiro atoms. The largest absolute Gasteiger partial charge is 0.401 e. The first-order chi connectivity index (χ1) is 17.1. The Labute approximate surface area is 202 Å². The molecular formula is C24H20F4N6O2. The third-order valence-corrected chi connectivity index (χ3v) is 6.24. The van der Waals surface area contributed by atoms with Gasteiger partial charge in [-0.1, -0.05) is 17.3 Å². The number of aromatic nitrogens is 5. The van der Waals surface area contributed by atoms with Crippen LogP contribution in [0.4, 0.5) is 23.4 Å². The van der Waals surface area contributed by atoms with Gasteiger partial charge in [-0.2, -0.15) is 13.2 Å². The van der Waals surface area contributed by atoms with Gasteiger partial charge in [-0.3, -0.25) is 4.79 Å². The van der Waals surface area contributed by atoms with Crippen LogP contribution in [0.15, 0.2) is 53.7 Å². The fourth-order valence-electron chi connectivity index (χ4n) is 3.90. The van der Waals surface area contributed by atoms with Crippen LogP contribution in [0.1, 0.15) is 35.7 Å². The first-order valence-corrected chi connectivity index (χ1v) is 11.0. The Morgan fingerprint density at radius 2 is 1.89 bits per heavy atom. The first-order valence-electron chi connectivity index (χ1n) is 11.0. The molecule has 0 atom stereocenters. The van der Waals surface area contributed by atoms with Crippen LogP contribution in [0.5, 0.6) is 0 Å². The Hall–Kier alpha value is -4.09. The van der Waals surface area contributed by atoms with Gasteiger partial charge in [0.05, 0.1) is 12.7 Å². The number of nitrogens with zero attached hydrogens (tertiary/aromatic N) is 5. The van der Waals surface area contributed by atoms with E-state index in [0.29, 0.717) is 23.4 Å². The number of carbonyl (C=O) groups excluding carboxylic acids is 1.